The van der Waals surface area contributed by atoms with Gasteiger partial charge in [-0.15, -0.1) is 0 Å². The number of hydrogen-bond donors (Lipinski definition) is 0. The second-order valence-electron chi connectivity index (χ2n) is 16.3. The van der Waals surface area contributed by atoms with Crippen molar-refractivity contribution in [2.75, 3.05) is 0 Å². The van der Waals surface area contributed by atoms with Gasteiger partial charge in [-0.1, -0.05) is 62.0 Å². The Bertz CT molecular complexity index is 1830. The molecule has 52 heavy (non-hydrogen) atoms. The monoisotopic (exact) mass is 710 g/mol. The smallest absolute Gasteiger partial charge is 0.335 e. The molecule has 1 saturated heterocycles. The molecule has 0 amide bonds. The van der Waals surface area contributed by atoms with Crippen molar-refractivity contribution < 1.29 is 38.2 Å². The second-order valence-corrected chi connectivity index (χ2v) is 16.3. The predicted molar refractivity (Wildman–Crippen MR) is 202 cm³/mol. The lowest BCUT2D eigenvalue weighted by Crippen LogP contribution is -2.69. The molecule has 1 aromatic carbocycles. The van der Waals surface area contributed by atoms with Gasteiger partial charge in [-0.2, -0.15) is 0 Å². The van der Waals surface area contributed by atoms with Crippen molar-refractivity contribution in [1.82, 2.24) is 0 Å². The van der Waals surface area contributed by atoms with Crippen LogP contribution in [0.2, 0.25) is 0 Å². The molecule has 4 rings (SSSR count). The third kappa shape index (κ3) is 7.09. The SMILES string of the molecule is C=CC(=O)Oc1ccc(C(=O)C2=C3OC(C)(C)[C@@H](CC=C(C)C)C[C@@]34C[C@@H](CC=C(C)C)C(C)(C)[C@@](CC=C(C)C)(C2=O)C4=O)cc1OC(=O)C=C. The minimum Gasteiger partial charge on any atom is -0.490 e. The standard InChI is InChI=1S/C44H54O8/c1-13-34(45)50-32-20-17-29(23-33(32)51-35(46)14-2)37(47)36-38(48)44(22-21-28(7)8)40(49)43(24-30(41(44,9)10)18-15-26(3)4)25-31(19-16-27(5)6)42(11,12)52-39(36)43/h13-17,20-21,23,30-31H,1-2,18-19,22,24-25H2,3-12H3/t30-,31+,43+,44+/m1/s1. The lowest BCUT2D eigenvalue weighted by molar-refractivity contribution is -0.188. The van der Waals surface area contributed by atoms with E-state index in [0.717, 1.165) is 28.9 Å². The number of allylic oxidation sites excluding steroid dienone is 8. The molecular weight excluding hydrogens is 656 g/mol. The highest BCUT2D eigenvalue weighted by Gasteiger charge is 2.74. The maximum Gasteiger partial charge on any atom is 0.335 e. The Hall–Kier alpha value is -4.59. The summed E-state index contributed by atoms with van der Waals surface area (Å²) in [4.78, 5) is 70.5. The summed E-state index contributed by atoms with van der Waals surface area (Å²) in [5.41, 5.74) is -1.41. The molecule has 0 radical (unpaired) electrons. The summed E-state index contributed by atoms with van der Waals surface area (Å²) in [5, 5.41) is 0. The van der Waals surface area contributed by atoms with E-state index in [1.165, 1.54) is 18.2 Å². The molecule has 0 unspecified atom stereocenters. The van der Waals surface area contributed by atoms with E-state index in [0.29, 0.717) is 25.7 Å². The van der Waals surface area contributed by atoms with E-state index in [4.69, 9.17) is 14.2 Å². The normalized spacial score (nSPS) is 25.4. The molecule has 3 aliphatic rings. The molecule has 1 aromatic rings. The van der Waals surface area contributed by atoms with Crippen LogP contribution >= 0.6 is 0 Å². The Morgan fingerprint density at radius 1 is 0.788 bits per heavy atom. The van der Waals surface area contributed by atoms with Crippen molar-refractivity contribution in [2.45, 2.75) is 107 Å². The van der Waals surface area contributed by atoms with E-state index >= 15 is 14.4 Å². The van der Waals surface area contributed by atoms with Crippen LogP contribution in [0, 0.1) is 28.1 Å². The van der Waals surface area contributed by atoms with E-state index in [9.17, 15) is 9.59 Å². The van der Waals surface area contributed by atoms with Gasteiger partial charge < -0.3 is 14.2 Å². The fraction of sp³-hybridized carbons (Fsp3) is 0.477. The minimum atomic E-state index is -1.57. The molecule has 2 fully saturated rings. The predicted octanol–water partition coefficient (Wildman–Crippen LogP) is 9.36. The van der Waals surface area contributed by atoms with Crippen molar-refractivity contribution in [3.05, 3.63) is 95.4 Å². The van der Waals surface area contributed by atoms with Gasteiger partial charge in [0.05, 0.1) is 5.41 Å². The quantitative estimate of drug-likeness (QED) is 0.0401. The molecule has 2 aliphatic carbocycles. The van der Waals surface area contributed by atoms with Crippen LogP contribution < -0.4 is 9.47 Å². The van der Waals surface area contributed by atoms with Crippen LogP contribution in [-0.2, 0) is 23.9 Å². The first-order chi connectivity index (χ1) is 24.2. The number of carbonyl (C=O) groups is 5. The van der Waals surface area contributed by atoms with Gasteiger partial charge in [0.1, 0.15) is 22.3 Å². The van der Waals surface area contributed by atoms with Crippen LogP contribution in [0.4, 0.5) is 0 Å². The first-order valence-electron chi connectivity index (χ1n) is 18.0. The highest BCUT2D eigenvalue weighted by atomic mass is 16.6. The molecule has 1 saturated carbocycles. The van der Waals surface area contributed by atoms with E-state index < -0.39 is 45.4 Å². The van der Waals surface area contributed by atoms with Crippen LogP contribution in [-0.4, -0.2) is 34.9 Å². The van der Waals surface area contributed by atoms with Crippen LogP contribution in [0.15, 0.2) is 89.8 Å². The molecule has 8 nitrogen and oxygen atoms in total. The number of ether oxygens (including phenoxy) is 3. The lowest BCUT2D eigenvalue weighted by atomic mass is 9.39. The molecular formula is C44H54O8. The molecule has 278 valence electrons. The molecule has 2 bridgehead atoms. The summed E-state index contributed by atoms with van der Waals surface area (Å²) < 4.78 is 17.6. The zero-order valence-electron chi connectivity index (χ0n) is 32.5. The average molecular weight is 711 g/mol. The summed E-state index contributed by atoms with van der Waals surface area (Å²) in [6, 6.07) is 3.97. The molecule has 0 aromatic heterocycles. The first-order valence-corrected chi connectivity index (χ1v) is 18.0. The number of ketones is 3. The van der Waals surface area contributed by atoms with Gasteiger partial charge in [-0.25, -0.2) is 9.59 Å². The molecule has 1 aliphatic heterocycles. The van der Waals surface area contributed by atoms with Crippen LogP contribution in [0.1, 0.15) is 112 Å². The topological polar surface area (TPSA) is 113 Å². The number of hydrogen-bond acceptors (Lipinski definition) is 8. The van der Waals surface area contributed by atoms with E-state index in [1.54, 1.807) is 0 Å². The number of rotatable bonds is 12. The highest BCUT2D eigenvalue weighted by Crippen LogP contribution is 2.69. The van der Waals surface area contributed by atoms with Gasteiger partial charge in [0.2, 0.25) is 0 Å². The van der Waals surface area contributed by atoms with Crippen molar-refractivity contribution in [2.24, 2.45) is 28.1 Å². The summed E-state index contributed by atoms with van der Waals surface area (Å²) in [5.74, 6) is -3.47. The summed E-state index contributed by atoms with van der Waals surface area (Å²) in [6.45, 7) is 26.7. The van der Waals surface area contributed by atoms with Crippen LogP contribution in [0.5, 0.6) is 11.5 Å². The Morgan fingerprint density at radius 2 is 1.31 bits per heavy atom. The van der Waals surface area contributed by atoms with E-state index in [1.807, 2.05) is 75.3 Å². The summed E-state index contributed by atoms with van der Waals surface area (Å²) >= 11 is 0. The minimum absolute atomic E-state index is 0.00646. The third-order valence-corrected chi connectivity index (χ3v) is 11.4. The van der Waals surface area contributed by atoms with Crippen LogP contribution in [0.25, 0.3) is 0 Å². The maximum atomic E-state index is 15.6. The van der Waals surface area contributed by atoms with E-state index in [-0.39, 0.29) is 52.4 Å². The molecule has 8 heteroatoms. The number of fused-ring (bicyclic) bond motifs is 1. The largest absolute Gasteiger partial charge is 0.490 e. The second kappa shape index (κ2) is 14.8. The summed E-state index contributed by atoms with van der Waals surface area (Å²) in [7, 11) is 0. The number of Topliss-reactive ketones (excluding diaryl/α,β-unsaturated/α-hetero) is 3. The fourth-order valence-electron chi connectivity index (χ4n) is 8.17. The average Bonchev–Trinajstić information content (AvgIpc) is 3.06. The Labute approximate surface area is 308 Å². The summed E-state index contributed by atoms with van der Waals surface area (Å²) in [6.07, 6.45) is 10.4. The number of esters is 2. The Kier molecular flexibility index (Phi) is 11.4. The van der Waals surface area contributed by atoms with Crippen molar-refractivity contribution in [3.8, 4) is 11.5 Å². The van der Waals surface area contributed by atoms with E-state index in [2.05, 4.69) is 25.3 Å². The van der Waals surface area contributed by atoms with Crippen LogP contribution in [0.3, 0.4) is 0 Å². The third-order valence-electron chi connectivity index (χ3n) is 11.4. The zero-order chi connectivity index (χ0) is 39.0. The molecule has 1 heterocycles. The van der Waals surface area contributed by atoms with Crippen molar-refractivity contribution >= 4 is 29.3 Å². The number of carbonyl (C=O) groups excluding carboxylic acids is 5. The van der Waals surface area contributed by atoms with Gasteiger partial charge in [0.15, 0.2) is 28.8 Å². The highest BCUT2D eigenvalue weighted by molar-refractivity contribution is 6.35. The van der Waals surface area contributed by atoms with Gasteiger partial charge in [0.25, 0.3) is 0 Å². The van der Waals surface area contributed by atoms with Gasteiger partial charge in [-0.3, -0.25) is 14.4 Å². The van der Waals surface area contributed by atoms with Gasteiger partial charge in [0, 0.05) is 23.6 Å². The fourth-order valence-corrected chi connectivity index (χ4v) is 8.17. The van der Waals surface area contributed by atoms with Gasteiger partial charge in [-0.05, 0) is 117 Å². The molecule has 1 spiro atoms. The maximum absolute atomic E-state index is 15.6. The molecule has 0 N–H and O–H groups in total. The first kappa shape index (κ1) is 40.2. The Morgan fingerprint density at radius 3 is 1.85 bits per heavy atom. The van der Waals surface area contributed by atoms with Crippen molar-refractivity contribution in [3.63, 3.8) is 0 Å². The zero-order valence-corrected chi connectivity index (χ0v) is 32.5. The molecule has 4 atom stereocenters. The number of benzene rings is 1. The Balaban J connectivity index is 2.08. The lowest BCUT2D eigenvalue weighted by Gasteiger charge is -2.64. The van der Waals surface area contributed by atoms with Crippen molar-refractivity contribution in [1.29, 1.82) is 0 Å². The van der Waals surface area contributed by atoms with Gasteiger partial charge >= 0.3 is 11.9 Å².